The zero-order valence-electron chi connectivity index (χ0n) is 37.5. The van der Waals surface area contributed by atoms with Crippen LogP contribution in [-0.4, -0.2) is 216 Å². The van der Waals surface area contributed by atoms with E-state index in [1.165, 1.54) is 0 Å². The molecule has 0 aromatic heterocycles. The number of carbonyl (C=O) groups is 5. The molecule has 370 valence electrons. The molecule has 0 radical (unpaired) electrons. The van der Waals surface area contributed by atoms with E-state index in [-0.39, 0.29) is 56.4 Å². The van der Waals surface area contributed by atoms with Crippen molar-refractivity contribution in [3.05, 3.63) is 0 Å². The predicted molar refractivity (Wildman–Crippen MR) is 230 cm³/mol. The molecule has 64 heavy (non-hydrogen) atoms. The molecule has 21 nitrogen and oxygen atoms in total. The van der Waals surface area contributed by atoms with E-state index < -0.39 is 17.8 Å². The van der Waals surface area contributed by atoms with Crippen LogP contribution in [0.5, 0.6) is 0 Å². The van der Waals surface area contributed by atoms with Gasteiger partial charge >= 0.3 is 12.0 Å². The molecule has 3 unspecified atom stereocenters. The van der Waals surface area contributed by atoms with Gasteiger partial charge in [0.05, 0.1) is 170 Å². The van der Waals surface area contributed by atoms with Crippen molar-refractivity contribution in [2.24, 2.45) is 0 Å². The molecule has 3 rings (SSSR count). The van der Waals surface area contributed by atoms with Gasteiger partial charge in [-0.15, -0.1) is 5.06 Å². The molecule has 4 amide bonds. The quantitative estimate of drug-likeness (QED) is 0.0497. The molecular weight excluding hydrogens is 867 g/mol. The fourth-order valence-electron chi connectivity index (χ4n) is 6.29. The Morgan fingerprint density at radius 2 is 0.844 bits per heavy atom. The third-order valence-corrected chi connectivity index (χ3v) is 11.1. The van der Waals surface area contributed by atoms with Crippen LogP contribution < -0.4 is 10.6 Å². The highest BCUT2D eigenvalue weighted by Crippen LogP contribution is 2.33. The van der Waals surface area contributed by atoms with E-state index >= 15 is 0 Å². The van der Waals surface area contributed by atoms with E-state index in [0.29, 0.717) is 169 Å². The number of rotatable bonds is 46. The fourth-order valence-corrected chi connectivity index (χ4v) is 7.83. The first-order valence-corrected chi connectivity index (χ1v) is 23.7. The molecule has 0 aromatic rings. The van der Waals surface area contributed by atoms with E-state index in [4.69, 9.17) is 61.7 Å². The normalized spacial score (nSPS) is 18.2. The molecule has 3 saturated heterocycles. The number of ether oxygens (including phenoxy) is 12. The van der Waals surface area contributed by atoms with Gasteiger partial charge in [0.1, 0.15) is 5.78 Å². The molecule has 0 bridgehead atoms. The number of urea groups is 1. The molecule has 3 heterocycles. The monoisotopic (exact) mass is 939 g/mol. The van der Waals surface area contributed by atoms with Gasteiger partial charge in [0.15, 0.2) is 0 Å². The van der Waals surface area contributed by atoms with Gasteiger partial charge in [-0.3, -0.25) is 14.4 Å². The second kappa shape index (κ2) is 38.5. The number of hydrogen-bond donors (Lipinski definition) is 2. The largest absolute Gasteiger partial charge is 0.379 e. The van der Waals surface area contributed by atoms with Gasteiger partial charge < -0.3 is 72.3 Å². The highest BCUT2D eigenvalue weighted by molar-refractivity contribution is 8.00. The van der Waals surface area contributed by atoms with Crippen molar-refractivity contribution in [2.45, 2.75) is 75.1 Å². The van der Waals surface area contributed by atoms with Crippen LogP contribution in [0.15, 0.2) is 0 Å². The molecule has 3 fully saturated rings. The number of nitrogens with zero attached hydrogens (tertiary/aromatic N) is 1. The Kier molecular flexibility index (Phi) is 33.6. The van der Waals surface area contributed by atoms with E-state index in [1.807, 2.05) is 11.8 Å². The first-order chi connectivity index (χ1) is 31.4. The predicted octanol–water partition coefficient (Wildman–Crippen LogP) is 1.26. The number of amides is 4. The third-order valence-electron chi connectivity index (χ3n) is 9.62. The summed E-state index contributed by atoms with van der Waals surface area (Å²) >= 11 is 1.91. The molecule has 0 saturated carbocycles. The molecule has 3 atom stereocenters. The number of hydroxylamine groups is 2. The van der Waals surface area contributed by atoms with Crippen LogP contribution in [0.25, 0.3) is 0 Å². The first kappa shape index (κ1) is 55.7. The summed E-state index contributed by atoms with van der Waals surface area (Å²) in [5.41, 5.74) is 0. The number of Topliss-reactive ketones (excluding diaryl/α,β-unsaturated/α-hetero) is 1. The van der Waals surface area contributed by atoms with E-state index in [1.54, 1.807) is 0 Å². The van der Waals surface area contributed by atoms with Gasteiger partial charge in [-0.05, 0) is 19.3 Å². The van der Waals surface area contributed by atoms with Gasteiger partial charge in [-0.1, -0.05) is 6.42 Å². The number of nitrogens with one attached hydrogen (secondary N) is 2. The minimum absolute atomic E-state index is 0.0545. The van der Waals surface area contributed by atoms with Crippen LogP contribution in [0, 0.1) is 0 Å². The maximum Gasteiger partial charge on any atom is 0.335 e. The Hall–Kier alpha value is -2.58. The standard InChI is InChI=1S/C42H73N3O18S/c46-35(4-1-2-6-37-41-36(34-64-37)43-42(50)44-41)5-3-10-51-12-14-53-16-18-55-20-22-57-24-26-59-28-30-61-32-33-62-31-29-60-27-25-58-23-21-56-19-17-54-15-13-52-11-9-40(49)63-45-38(47)7-8-39(45)48/h36-37,41H,1-34H2,(H2,43,44,50). The summed E-state index contributed by atoms with van der Waals surface area (Å²) in [5.74, 6) is -0.482. The molecule has 3 aliphatic heterocycles. The Bertz CT molecular complexity index is 1240. The lowest BCUT2D eigenvalue weighted by Crippen LogP contribution is -2.36. The second-order valence-electron chi connectivity index (χ2n) is 14.7. The lowest BCUT2D eigenvalue weighted by molar-refractivity contribution is -0.198. The van der Waals surface area contributed by atoms with Crippen molar-refractivity contribution >= 4 is 41.4 Å². The van der Waals surface area contributed by atoms with Crippen LogP contribution in [0.4, 0.5) is 4.79 Å². The zero-order valence-corrected chi connectivity index (χ0v) is 38.3. The van der Waals surface area contributed by atoms with Crippen LogP contribution >= 0.6 is 11.8 Å². The van der Waals surface area contributed by atoms with Crippen molar-refractivity contribution in [1.82, 2.24) is 15.7 Å². The fraction of sp³-hybridized carbons (Fsp3) is 0.881. The van der Waals surface area contributed by atoms with Crippen molar-refractivity contribution in [3.8, 4) is 0 Å². The summed E-state index contributed by atoms with van der Waals surface area (Å²) in [6, 6.07) is 0.422. The third kappa shape index (κ3) is 28.5. The number of carbonyl (C=O) groups excluding carboxylic acids is 5. The van der Waals surface area contributed by atoms with E-state index in [0.717, 1.165) is 31.4 Å². The SMILES string of the molecule is O=C(CCCCC1SCC2NC(=O)NC21)CCCOCCOCCOCCOCCOCCOCCOCCOCCOCCOCCOCCOCCC(=O)ON1C(=O)CCC1=O. The van der Waals surface area contributed by atoms with Gasteiger partial charge in [0.2, 0.25) is 0 Å². The topological polar surface area (TPSA) is 233 Å². The van der Waals surface area contributed by atoms with Crippen molar-refractivity contribution in [1.29, 1.82) is 0 Å². The highest BCUT2D eigenvalue weighted by atomic mass is 32.2. The van der Waals surface area contributed by atoms with Crippen LogP contribution in [0.2, 0.25) is 0 Å². The summed E-state index contributed by atoms with van der Waals surface area (Å²) in [5, 5.41) is 6.94. The molecule has 0 spiro atoms. The number of unbranched alkanes of at least 4 members (excludes halogenated alkanes) is 1. The smallest absolute Gasteiger partial charge is 0.335 e. The summed E-state index contributed by atoms with van der Waals surface area (Å²) in [6.45, 7) is 10.4. The average molecular weight is 940 g/mol. The summed E-state index contributed by atoms with van der Waals surface area (Å²) in [4.78, 5) is 62.9. The minimum atomic E-state index is -0.703. The first-order valence-electron chi connectivity index (χ1n) is 22.6. The summed E-state index contributed by atoms with van der Waals surface area (Å²) < 4.78 is 65.7. The highest BCUT2D eigenvalue weighted by Gasteiger charge is 2.42. The Labute approximate surface area is 381 Å². The van der Waals surface area contributed by atoms with Gasteiger partial charge in [-0.25, -0.2) is 9.59 Å². The summed E-state index contributed by atoms with van der Waals surface area (Å²) in [7, 11) is 0. The van der Waals surface area contributed by atoms with Crippen molar-refractivity contribution < 1.29 is 85.7 Å². The van der Waals surface area contributed by atoms with Crippen LogP contribution in [0.3, 0.4) is 0 Å². The van der Waals surface area contributed by atoms with Gasteiger partial charge in [-0.2, -0.15) is 11.8 Å². The minimum Gasteiger partial charge on any atom is -0.379 e. The molecule has 22 heteroatoms. The molecule has 2 N–H and O–H groups in total. The number of ketones is 1. The zero-order chi connectivity index (χ0) is 45.6. The second-order valence-corrected chi connectivity index (χ2v) is 15.9. The Balaban J connectivity index is 0.881. The molecular formula is C42H73N3O18S. The lowest BCUT2D eigenvalue weighted by atomic mass is 10.0. The molecule has 0 aromatic carbocycles. The average Bonchev–Trinajstić information content (AvgIpc) is 3.95. The molecule has 0 aliphatic carbocycles. The van der Waals surface area contributed by atoms with Crippen LogP contribution in [-0.2, 0) is 80.9 Å². The van der Waals surface area contributed by atoms with Crippen LogP contribution in [0.1, 0.15) is 57.8 Å². The number of hydrogen-bond acceptors (Lipinski definition) is 19. The maximum atomic E-state index is 12.2. The maximum absolute atomic E-state index is 12.2. The van der Waals surface area contributed by atoms with Crippen molar-refractivity contribution in [3.63, 3.8) is 0 Å². The number of fused-ring (bicyclic) bond motifs is 1. The molecule has 3 aliphatic rings. The Morgan fingerprint density at radius 1 is 0.469 bits per heavy atom. The van der Waals surface area contributed by atoms with E-state index in [2.05, 4.69) is 10.6 Å². The van der Waals surface area contributed by atoms with Crippen molar-refractivity contribution in [2.75, 3.05) is 164 Å². The van der Waals surface area contributed by atoms with Gasteiger partial charge in [0.25, 0.3) is 11.8 Å². The number of thioether (sulfide) groups is 1. The summed E-state index contributed by atoms with van der Waals surface area (Å²) in [6.07, 6.45) is 4.84. The van der Waals surface area contributed by atoms with E-state index in [9.17, 15) is 24.0 Å². The Morgan fingerprint density at radius 3 is 1.27 bits per heavy atom. The van der Waals surface area contributed by atoms with Gasteiger partial charge in [0, 0.05) is 43.3 Å². The number of imide groups is 1. The lowest BCUT2D eigenvalue weighted by Gasteiger charge is -2.16.